The molecule has 3 heterocycles. The molecule has 3 rings (SSSR count). The van der Waals surface area contributed by atoms with Crippen LogP contribution in [0.3, 0.4) is 0 Å². The number of carbonyl (C=O) groups excluding carboxylic acids is 1. The minimum absolute atomic E-state index is 0.00547. The number of amides is 1. The van der Waals surface area contributed by atoms with Gasteiger partial charge in [0.05, 0.1) is 12.2 Å². The van der Waals surface area contributed by atoms with Gasteiger partial charge in [-0.05, 0) is 19.9 Å². The van der Waals surface area contributed by atoms with E-state index in [1.54, 1.807) is 23.4 Å². The van der Waals surface area contributed by atoms with Crippen molar-refractivity contribution < 1.29 is 17.9 Å². The summed E-state index contributed by atoms with van der Waals surface area (Å²) in [4.78, 5) is 22.2. The van der Waals surface area contributed by atoms with Crippen LogP contribution in [0.25, 0.3) is 0 Å². The molecule has 2 saturated heterocycles. The van der Waals surface area contributed by atoms with E-state index in [1.165, 1.54) is 8.61 Å². The number of hydrogen-bond acceptors (Lipinski definition) is 7. The molecule has 2 unspecified atom stereocenters. The zero-order valence-electron chi connectivity index (χ0n) is 16.3. The van der Waals surface area contributed by atoms with Crippen LogP contribution in [0.2, 0.25) is 0 Å². The lowest BCUT2D eigenvalue weighted by Crippen LogP contribution is -2.57. The highest BCUT2D eigenvalue weighted by molar-refractivity contribution is 7.86. The van der Waals surface area contributed by atoms with Gasteiger partial charge in [-0.15, -0.1) is 0 Å². The summed E-state index contributed by atoms with van der Waals surface area (Å²) in [6.07, 6.45) is 3.33. The van der Waals surface area contributed by atoms with Crippen molar-refractivity contribution in [2.45, 2.75) is 32.5 Å². The van der Waals surface area contributed by atoms with Crippen molar-refractivity contribution in [1.29, 1.82) is 0 Å². The first kappa shape index (κ1) is 20.9. The first-order valence-electron chi connectivity index (χ1n) is 9.55. The van der Waals surface area contributed by atoms with Gasteiger partial charge in [0.15, 0.2) is 0 Å². The topological polar surface area (TPSA) is 108 Å². The van der Waals surface area contributed by atoms with E-state index in [9.17, 15) is 13.2 Å². The second-order valence-corrected chi connectivity index (χ2v) is 9.04. The van der Waals surface area contributed by atoms with Crippen molar-refractivity contribution in [3.63, 3.8) is 0 Å². The summed E-state index contributed by atoms with van der Waals surface area (Å²) in [5, 5.41) is 3.00. The first-order chi connectivity index (χ1) is 13.4. The van der Waals surface area contributed by atoms with Gasteiger partial charge >= 0.3 is 0 Å². The van der Waals surface area contributed by atoms with Gasteiger partial charge in [-0.2, -0.15) is 17.0 Å². The molecule has 0 saturated carbocycles. The van der Waals surface area contributed by atoms with E-state index in [0.29, 0.717) is 58.2 Å². The molecule has 2 fully saturated rings. The Morgan fingerprint density at radius 3 is 2.32 bits per heavy atom. The van der Waals surface area contributed by atoms with Crippen LogP contribution < -0.4 is 5.32 Å². The molecule has 2 aliphatic rings. The number of aromatic nitrogens is 2. The van der Waals surface area contributed by atoms with E-state index >= 15 is 0 Å². The summed E-state index contributed by atoms with van der Waals surface area (Å²) < 4.78 is 34.4. The maximum absolute atomic E-state index is 12.9. The van der Waals surface area contributed by atoms with Gasteiger partial charge < -0.3 is 15.0 Å². The van der Waals surface area contributed by atoms with Crippen molar-refractivity contribution in [1.82, 2.24) is 23.5 Å². The highest BCUT2D eigenvalue weighted by Crippen LogP contribution is 2.19. The van der Waals surface area contributed by atoms with Crippen LogP contribution in [0.15, 0.2) is 18.5 Å². The van der Waals surface area contributed by atoms with Crippen LogP contribution in [0.5, 0.6) is 0 Å². The van der Waals surface area contributed by atoms with Gasteiger partial charge in [0.1, 0.15) is 0 Å². The Labute approximate surface area is 166 Å². The third-order valence-electron chi connectivity index (χ3n) is 4.82. The van der Waals surface area contributed by atoms with E-state index in [1.807, 2.05) is 13.8 Å². The SMILES string of the molecule is CC1CN(S(=O)(=O)N2CCN(C(=O)CCNc3ncccn3)CC2)CC(C)O1. The molecule has 0 bridgehead atoms. The summed E-state index contributed by atoms with van der Waals surface area (Å²) in [5.41, 5.74) is 0. The summed E-state index contributed by atoms with van der Waals surface area (Å²) in [6.45, 7) is 6.33. The largest absolute Gasteiger partial charge is 0.373 e. The number of nitrogens with zero attached hydrogens (tertiary/aromatic N) is 5. The molecule has 1 aromatic rings. The number of carbonyl (C=O) groups is 1. The molecule has 1 aromatic heterocycles. The quantitative estimate of drug-likeness (QED) is 0.688. The Bertz CT molecular complexity index is 744. The van der Waals surface area contributed by atoms with Crippen molar-refractivity contribution in [3.05, 3.63) is 18.5 Å². The van der Waals surface area contributed by atoms with Gasteiger partial charge in [-0.3, -0.25) is 4.79 Å². The predicted octanol–water partition coefficient (Wildman–Crippen LogP) is -0.223. The lowest BCUT2D eigenvalue weighted by molar-refractivity contribution is -0.132. The maximum atomic E-state index is 12.9. The molecule has 10 nitrogen and oxygen atoms in total. The summed E-state index contributed by atoms with van der Waals surface area (Å²) in [6, 6.07) is 1.72. The number of ether oxygens (including phenoxy) is 1. The third kappa shape index (κ3) is 5.16. The van der Waals surface area contributed by atoms with Crippen LogP contribution in [0, 0.1) is 0 Å². The predicted molar refractivity (Wildman–Crippen MR) is 104 cm³/mol. The Hall–Kier alpha value is -1.82. The van der Waals surface area contributed by atoms with Crippen molar-refractivity contribution in [3.8, 4) is 0 Å². The fourth-order valence-corrected chi connectivity index (χ4v) is 5.23. The van der Waals surface area contributed by atoms with Crippen molar-refractivity contribution in [2.75, 3.05) is 51.1 Å². The molecule has 0 radical (unpaired) electrons. The molecule has 1 N–H and O–H groups in total. The van der Waals surface area contributed by atoms with E-state index in [-0.39, 0.29) is 18.1 Å². The van der Waals surface area contributed by atoms with Gasteiger partial charge in [-0.1, -0.05) is 0 Å². The molecule has 0 spiro atoms. The summed E-state index contributed by atoms with van der Waals surface area (Å²) in [7, 11) is -3.53. The van der Waals surface area contributed by atoms with Crippen molar-refractivity contribution >= 4 is 22.1 Å². The molecule has 28 heavy (non-hydrogen) atoms. The maximum Gasteiger partial charge on any atom is 0.282 e. The Balaban J connectivity index is 1.46. The molecule has 11 heteroatoms. The third-order valence-corrected chi connectivity index (χ3v) is 6.79. The van der Waals surface area contributed by atoms with Crippen LogP contribution in [0.1, 0.15) is 20.3 Å². The number of nitrogens with one attached hydrogen (secondary N) is 1. The zero-order chi connectivity index (χ0) is 20.1. The molecule has 0 aliphatic carbocycles. The summed E-state index contributed by atoms with van der Waals surface area (Å²) >= 11 is 0. The Morgan fingerprint density at radius 1 is 1.11 bits per heavy atom. The number of anilines is 1. The van der Waals surface area contributed by atoms with Crippen LogP contribution in [-0.2, 0) is 19.7 Å². The number of hydrogen-bond donors (Lipinski definition) is 1. The van der Waals surface area contributed by atoms with Crippen LogP contribution >= 0.6 is 0 Å². The highest BCUT2D eigenvalue weighted by atomic mass is 32.2. The molecule has 0 aromatic carbocycles. The van der Waals surface area contributed by atoms with E-state index in [0.717, 1.165) is 0 Å². The van der Waals surface area contributed by atoms with E-state index in [4.69, 9.17) is 4.74 Å². The van der Waals surface area contributed by atoms with Crippen molar-refractivity contribution in [2.24, 2.45) is 0 Å². The molecule has 1 amide bonds. The Kier molecular flexibility index (Phi) is 6.81. The first-order valence-corrected chi connectivity index (χ1v) is 11.0. The average molecular weight is 413 g/mol. The van der Waals surface area contributed by atoms with Crippen LogP contribution in [-0.4, -0.2) is 95.8 Å². The number of morpholine rings is 1. The molecule has 156 valence electrons. The van der Waals surface area contributed by atoms with Crippen LogP contribution in [0.4, 0.5) is 5.95 Å². The van der Waals surface area contributed by atoms with Gasteiger partial charge in [0, 0.05) is 64.6 Å². The molecule has 2 aliphatic heterocycles. The molecular formula is C17H28N6O4S. The fourth-order valence-electron chi connectivity index (χ4n) is 3.48. The lowest BCUT2D eigenvalue weighted by Gasteiger charge is -2.40. The smallest absolute Gasteiger partial charge is 0.282 e. The second kappa shape index (κ2) is 9.12. The highest BCUT2D eigenvalue weighted by Gasteiger charge is 2.37. The Morgan fingerprint density at radius 2 is 1.71 bits per heavy atom. The molecular weight excluding hydrogens is 384 g/mol. The van der Waals surface area contributed by atoms with Gasteiger partial charge in [0.2, 0.25) is 11.9 Å². The zero-order valence-corrected chi connectivity index (χ0v) is 17.1. The normalized spacial score (nSPS) is 24.9. The van der Waals surface area contributed by atoms with Gasteiger partial charge in [-0.25, -0.2) is 9.97 Å². The second-order valence-electron chi connectivity index (χ2n) is 7.11. The molecule has 2 atom stereocenters. The minimum atomic E-state index is -3.53. The minimum Gasteiger partial charge on any atom is -0.373 e. The monoisotopic (exact) mass is 412 g/mol. The fraction of sp³-hybridized carbons (Fsp3) is 0.706. The number of rotatable bonds is 6. The van der Waals surface area contributed by atoms with Gasteiger partial charge in [0.25, 0.3) is 10.2 Å². The van der Waals surface area contributed by atoms with E-state index < -0.39 is 10.2 Å². The van der Waals surface area contributed by atoms with E-state index in [2.05, 4.69) is 15.3 Å². The standard InChI is InChI=1S/C17H28N6O4S/c1-14-12-23(13-15(2)27-14)28(25,26)22-10-8-21(9-11-22)16(24)4-7-20-17-18-5-3-6-19-17/h3,5-6,14-15H,4,7-13H2,1-2H3,(H,18,19,20). The summed E-state index contributed by atoms with van der Waals surface area (Å²) in [5.74, 6) is 0.481. The lowest BCUT2D eigenvalue weighted by atomic mass is 10.3. The average Bonchev–Trinajstić information content (AvgIpc) is 2.68. The number of piperazine rings is 1.